The van der Waals surface area contributed by atoms with Crippen molar-refractivity contribution in [3.8, 4) is 33.6 Å². The van der Waals surface area contributed by atoms with Gasteiger partial charge in [-0.3, -0.25) is 10.1 Å². The van der Waals surface area contributed by atoms with Gasteiger partial charge in [0.05, 0.1) is 29.4 Å². The zero-order chi connectivity index (χ0) is 31.9. The van der Waals surface area contributed by atoms with Crippen molar-refractivity contribution in [3.05, 3.63) is 90.5 Å². The minimum atomic E-state index is -3.43. The molecule has 0 radical (unpaired) electrons. The Morgan fingerprint density at radius 3 is 2.53 bits per heavy atom. The van der Waals surface area contributed by atoms with E-state index in [1.165, 1.54) is 12.1 Å². The topological polar surface area (TPSA) is 136 Å². The average Bonchev–Trinajstić information content (AvgIpc) is 3.58. The Hall–Kier alpha value is -4.58. The van der Waals surface area contributed by atoms with Gasteiger partial charge >= 0.3 is 0 Å². The second-order valence-electron chi connectivity index (χ2n) is 12.6. The number of anilines is 1. The van der Waals surface area contributed by atoms with Gasteiger partial charge in [0.15, 0.2) is 0 Å². The lowest BCUT2D eigenvalue weighted by molar-refractivity contribution is 0.145. The van der Waals surface area contributed by atoms with Crippen molar-refractivity contribution in [2.45, 2.75) is 40.0 Å². The first-order valence-electron chi connectivity index (χ1n) is 14.6. The molecule has 0 fully saturated rings. The maximum Gasteiger partial charge on any atom is 0.209 e. The number of benzene rings is 3. The van der Waals surface area contributed by atoms with Crippen molar-refractivity contribution < 1.29 is 17.9 Å². The summed E-state index contributed by atoms with van der Waals surface area (Å²) in [6.45, 7) is 6.24. The standard InChI is InChI=1S/C34H35FN6O3S/c1-34(2,3)16-32(42)38-25-13-23(18-36-19-25)21-8-9-30-28(14-21)33(41-40-30)31-15-27-26(6-5-7-29(27)39-31)22-10-20(11-24(35)12-22)17-37-45(4,43)44/h5-15,18-19,32,37-39,42H,16-17H2,1-4H3,(H,40,41). The number of hydrogen-bond acceptors (Lipinski definition) is 6. The van der Waals surface area contributed by atoms with E-state index >= 15 is 0 Å². The smallest absolute Gasteiger partial charge is 0.209 e. The summed E-state index contributed by atoms with van der Waals surface area (Å²) in [6.07, 6.45) is 4.45. The number of halogens is 1. The van der Waals surface area contributed by atoms with Gasteiger partial charge in [-0.1, -0.05) is 39.0 Å². The van der Waals surface area contributed by atoms with Crippen LogP contribution in [0.1, 0.15) is 32.8 Å². The summed E-state index contributed by atoms with van der Waals surface area (Å²) in [4.78, 5) is 7.86. The second kappa shape index (κ2) is 11.7. The number of nitrogens with zero attached hydrogens (tertiary/aromatic N) is 2. The minimum absolute atomic E-state index is 0.00839. The van der Waals surface area contributed by atoms with Gasteiger partial charge < -0.3 is 15.4 Å². The van der Waals surface area contributed by atoms with Crippen LogP contribution in [-0.2, 0) is 16.6 Å². The summed E-state index contributed by atoms with van der Waals surface area (Å²) in [6, 6.07) is 20.3. The summed E-state index contributed by atoms with van der Waals surface area (Å²) in [7, 11) is -3.43. The largest absolute Gasteiger partial charge is 0.374 e. The summed E-state index contributed by atoms with van der Waals surface area (Å²) in [5, 5.41) is 23.2. The quantitative estimate of drug-likeness (QED) is 0.112. The zero-order valence-corrected chi connectivity index (χ0v) is 26.3. The molecule has 232 valence electrons. The molecule has 6 aromatic rings. The predicted molar refractivity (Wildman–Crippen MR) is 177 cm³/mol. The molecule has 5 N–H and O–H groups in total. The van der Waals surface area contributed by atoms with Crippen molar-refractivity contribution in [2.24, 2.45) is 5.41 Å². The molecule has 6 rings (SSSR count). The molecule has 0 spiro atoms. The summed E-state index contributed by atoms with van der Waals surface area (Å²) in [5.74, 6) is -0.450. The second-order valence-corrected chi connectivity index (χ2v) is 14.4. The van der Waals surface area contributed by atoms with Gasteiger partial charge in [0.25, 0.3) is 0 Å². The third kappa shape index (κ3) is 7.06. The third-order valence-electron chi connectivity index (χ3n) is 7.50. The molecule has 3 aromatic carbocycles. The molecule has 1 unspecified atom stereocenters. The third-order valence-corrected chi connectivity index (χ3v) is 8.17. The molecule has 11 heteroatoms. The van der Waals surface area contributed by atoms with Crippen LogP contribution in [0.25, 0.3) is 55.4 Å². The minimum Gasteiger partial charge on any atom is -0.374 e. The van der Waals surface area contributed by atoms with E-state index in [0.29, 0.717) is 17.5 Å². The normalized spacial score (nSPS) is 13.0. The highest BCUT2D eigenvalue weighted by Crippen LogP contribution is 2.36. The molecule has 1 atom stereocenters. The first-order chi connectivity index (χ1) is 21.3. The fraction of sp³-hybridized carbons (Fsp3) is 0.235. The molecule has 0 bridgehead atoms. The molecule has 0 saturated heterocycles. The fourth-order valence-corrected chi connectivity index (χ4v) is 5.98. The van der Waals surface area contributed by atoms with Crippen LogP contribution < -0.4 is 10.0 Å². The van der Waals surface area contributed by atoms with Gasteiger partial charge in [0.1, 0.15) is 17.7 Å². The number of aliphatic hydroxyl groups is 1. The van der Waals surface area contributed by atoms with Crippen LogP contribution in [0.2, 0.25) is 0 Å². The van der Waals surface area contributed by atoms with Gasteiger partial charge in [-0.05, 0) is 82.6 Å². The molecule has 0 saturated carbocycles. The molecular formula is C34H35FN6O3S. The van der Waals surface area contributed by atoms with Crippen molar-refractivity contribution in [3.63, 3.8) is 0 Å². The number of fused-ring (bicyclic) bond motifs is 2. The van der Waals surface area contributed by atoms with E-state index in [-0.39, 0.29) is 12.0 Å². The number of sulfonamides is 1. The molecule has 9 nitrogen and oxygen atoms in total. The van der Waals surface area contributed by atoms with Crippen molar-refractivity contribution >= 4 is 37.5 Å². The van der Waals surface area contributed by atoms with Crippen LogP contribution in [0.15, 0.2) is 79.1 Å². The van der Waals surface area contributed by atoms with Crippen LogP contribution in [0.3, 0.4) is 0 Å². The molecule has 0 aliphatic rings. The van der Waals surface area contributed by atoms with E-state index in [9.17, 15) is 17.9 Å². The summed E-state index contributed by atoms with van der Waals surface area (Å²) < 4.78 is 40.3. The van der Waals surface area contributed by atoms with Crippen LogP contribution >= 0.6 is 0 Å². The van der Waals surface area contributed by atoms with Crippen molar-refractivity contribution in [1.82, 2.24) is 24.9 Å². The van der Waals surface area contributed by atoms with E-state index in [0.717, 1.165) is 61.8 Å². The monoisotopic (exact) mass is 626 g/mol. The highest BCUT2D eigenvalue weighted by Gasteiger charge is 2.18. The van der Waals surface area contributed by atoms with E-state index in [2.05, 4.69) is 57.0 Å². The number of rotatable bonds is 9. The van der Waals surface area contributed by atoms with Gasteiger partial charge in [-0.25, -0.2) is 17.5 Å². The Bertz CT molecular complexity index is 2130. The number of aromatic nitrogens is 4. The maximum atomic E-state index is 14.6. The van der Waals surface area contributed by atoms with Gasteiger partial charge in [-0.15, -0.1) is 0 Å². The van der Waals surface area contributed by atoms with Crippen molar-refractivity contribution in [1.29, 1.82) is 0 Å². The number of aromatic amines is 2. The van der Waals surface area contributed by atoms with Crippen LogP contribution in [0.5, 0.6) is 0 Å². The molecule has 0 aliphatic heterocycles. The SMILES string of the molecule is CC(C)(C)CC(O)Nc1cncc(-c2ccc3[nH]nc(-c4cc5c(-c6cc(F)cc(CNS(C)(=O)=O)c6)cccc5[nH]4)c3c2)c1. The van der Waals surface area contributed by atoms with Gasteiger partial charge in [0.2, 0.25) is 10.0 Å². The van der Waals surface area contributed by atoms with Crippen LogP contribution in [-0.4, -0.2) is 46.2 Å². The first kappa shape index (κ1) is 30.4. The number of hydrogen-bond donors (Lipinski definition) is 5. The van der Waals surface area contributed by atoms with E-state index in [1.54, 1.807) is 18.5 Å². The Labute approximate surface area is 261 Å². The molecule has 3 aromatic heterocycles. The fourth-order valence-electron chi connectivity index (χ4n) is 5.56. The molecule has 0 aliphatic carbocycles. The summed E-state index contributed by atoms with van der Waals surface area (Å²) >= 11 is 0. The van der Waals surface area contributed by atoms with Gasteiger partial charge in [-0.2, -0.15) is 5.10 Å². The molecule has 3 heterocycles. The Morgan fingerprint density at radius 2 is 1.76 bits per heavy atom. The van der Waals surface area contributed by atoms with E-state index < -0.39 is 22.1 Å². The number of pyridine rings is 1. The number of nitrogens with one attached hydrogen (secondary N) is 4. The highest BCUT2D eigenvalue weighted by atomic mass is 32.2. The van der Waals surface area contributed by atoms with Crippen molar-refractivity contribution in [2.75, 3.05) is 11.6 Å². The average molecular weight is 627 g/mol. The van der Waals surface area contributed by atoms with E-state index in [1.807, 2.05) is 42.5 Å². The summed E-state index contributed by atoms with van der Waals surface area (Å²) in [5.41, 5.74) is 7.74. The first-order valence-corrected chi connectivity index (χ1v) is 16.5. The lowest BCUT2D eigenvalue weighted by Gasteiger charge is -2.23. The Balaban J connectivity index is 1.34. The van der Waals surface area contributed by atoms with E-state index in [4.69, 9.17) is 0 Å². The molecular weight excluding hydrogens is 591 g/mol. The maximum absolute atomic E-state index is 14.6. The number of aliphatic hydroxyl groups excluding tert-OH is 1. The lowest BCUT2D eigenvalue weighted by atomic mass is 9.91. The predicted octanol–water partition coefficient (Wildman–Crippen LogP) is 6.80. The Kier molecular flexibility index (Phi) is 7.94. The van der Waals surface area contributed by atoms with Gasteiger partial charge in [0, 0.05) is 34.6 Å². The lowest BCUT2D eigenvalue weighted by Crippen LogP contribution is -2.25. The zero-order valence-electron chi connectivity index (χ0n) is 25.4. The Morgan fingerprint density at radius 1 is 0.933 bits per heavy atom. The molecule has 0 amide bonds. The highest BCUT2D eigenvalue weighted by molar-refractivity contribution is 7.88. The van der Waals surface area contributed by atoms with Crippen LogP contribution in [0, 0.1) is 11.2 Å². The molecule has 45 heavy (non-hydrogen) atoms. The van der Waals surface area contributed by atoms with Crippen LogP contribution in [0.4, 0.5) is 10.1 Å². The number of H-pyrrole nitrogens is 2.